The fourth-order valence-corrected chi connectivity index (χ4v) is 5.40. The molecule has 1 atom stereocenters. The number of rotatable bonds is 11. The number of nitrogens with one attached hydrogen (secondary N) is 2. The quantitative estimate of drug-likeness (QED) is 0.275. The summed E-state index contributed by atoms with van der Waals surface area (Å²) in [6.07, 6.45) is 6.68. The maximum atomic E-state index is 11.3. The molecule has 8 heteroatoms. The molecule has 3 rings (SSSR count). The monoisotopic (exact) mass is 448 g/mol. The van der Waals surface area contributed by atoms with E-state index in [1.807, 2.05) is 11.3 Å². The molecule has 0 bridgehead atoms. The Morgan fingerprint density at radius 2 is 2.00 bits per heavy atom. The van der Waals surface area contributed by atoms with E-state index in [0.717, 1.165) is 70.9 Å². The lowest BCUT2D eigenvalue weighted by Crippen LogP contribution is -2.40. The molecule has 0 aliphatic carbocycles. The summed E-state index contributed by atoms with van der Waals surface area (Å²) in [5, 5.41) is 9.08. The molecule has 1 unspecified atom stereocenters. The second-order valence-corrected chi connectivity index (χ2v) is 9.63. The number of hydrogen-bond donors (Lipinski definition) is 3. The van der Waals surface area contributed by atoms with Gasteiger partial charge < -0.3 is 21.3 Å². The predicted molar refractivity (Wildman–Crippen MR) is 129 cm³/mol. The number of piperidine rings is 1. The highest BCUT2D eigenvalue weighted by molar-refractivity contribution is 7.10. The third kappa shape index (κ3) is 7.77. The number of thiophene rings is 1. The van der Waals surface area contributed by atoms with Crippen LogP contribution >= 0.6 is 11.3 Å². The van der Waals surface area contributed by atoms with Crippen LogP contribution in [0.3, 0.4) is 0 Å². The van der Waals surface area contributed by atoms with Gasteiger partial charge in [-0.2, -0.15) is 0 Å². The van der Waals surface area contributed by atoms with Crippen LogP contribution in [0.1, 0.15) is 56.4 Å². The minimum absolute atomic E-state index is 0.0790. The standard InChI is InChI=1S/C23H40N6OS/c1-2-25-23(26-11-3-4-12-28-15-9-19(10-16-28)22(24)30)27-18-20(21-8-7-17-31-21)29-13-5-6-14-29/h7-8,17,19-20H,2-6,9-16,18H2,1H3,(H2,24,30)(H2,25,26,27). The summed E-state index contributed by atoms with van der Waals surface area (Å²) in [5.41, 5.74) is 5.43. The fourth-order valence-electron chi connectivity index (χ4n) is 4.55. The van der Waals surface area contributed by atoms with Gasteiger partial charge in [0.2, 0.25) is 5.91 Å². The Kier molecular flexibility index (Phi) is 10.1. The highest BCUT2D eigenvalue weighted by Crippen LogP contribution is 2.28. The zero-order valence-corrected chi connectivity index (χ0v) is 19.8. The Morgan fingerprint density at radius 3 is 2.65 bits per heavy atom. The molecule has 31 heavy (non-hydrogen) atoms. The molecular formula is C23H40N6OS. The zero-order valence-electron chi connectivity index (χ0n) is 19.0. The lowest BCUT2D eigenvalue weighted by atomic mass is 9.96. The number of unbranched alkanes of at least 4 members (excludes halogenated alkanes) is 1. The van der Waals surface area contributed by atoms with E-state index in [-0.39, 0.29) is 11.8 Å². The van der Waals surface area contributed by atoms with Crippen molar-refractivity contribution in [1.29, 1.82) is 0 Å². The zero-order chi connectivity index (χ0) is 21.9. The summed E-state index contributed by atoms with van der Waals surface area (Å²) >= 11 is 1.84. The number of aliphatic imine (C=N–C) groups is 1. The van der Waals surface area contributed by atoms with E-state index in [0.29, 0.717) is 6.04 Å². The maximum Gasteiger partial charge on any atom is 0.220 e. The molecule has 2 saturated heterocycles. The van der Waals surface area contributed by atoms with E-state index in [1.165, 1.54) is 30.8 Å². The van der Waals surface area contributed by atoms with Crippen molar-refractivity contribution < 1.29 is 4.79 Å². The number of carbonyl (C=O) groups is 1. The fraction of sp³-hybridized carbons (Fsp3) is 0.739. The minimum atomic E-state index is -0.134. The molecule has 174 valence electrons. The van der Waals surface area contributed by atoms with Crippen molar-refractivity contribution in [3.8, 4) is 0 Å². The summed E-state index contributed by atoms with van der Waals surface area (Å²) < 4.78 is 0. The lowest BCUT2D eigenvalue weighted by molar-refractivity contribution is -0.123. The van der Waals surface area contributed by atoms with Crippen molar-refractivity contribution in [1.82, 2.24) is 20.4 Å². The molecule has 7 nitrogen and oxygen atoms in total. The van der Waals surface area contributed by atoms with E-state index < -0.39 is 0 Å². The average Bonchev–Trinajstić information content (AvgIpc) is 3.49. The smallest absolute Gasteiger partial charge is 0.220 e. The Morgan fingerprint density at radius 1 is 1.23 bits per heavy atom. The van der Waals surface area contributed by atoms with Crippen molar-refractivity contribution in [3.05, 3.63) is 22.4 Å². The topological polar surface area (TPSA) is 86.0 Å². The van der Waals surface area contributed by atoms with Gasteiger partial charge in [0, 0.05) is 23.9 Å². The van der Waals surface area contributed by atoms with Crippen LogP contribution in [0.2, 0.25) is 0 Å². The molecule has 2 aliphatic rings. The normalized spacial score (nSPS) is 20.1. The van der Waals surface area contributed by atoms with Gasteiger partial charge in [-0.15, -0.1) is 11.3 Å². The van der Waals surface area contributed by atoms with Gasteiger partial charge in [0.05, 0.1) is 12.6 Å². The van der Waals surface area contributed by atoms with E-state index in [1.54, 1.807) is 0 Å². The number of amides is 1. The van der Waals surface area contributed by atoms with Crippen LogP contribution in [0, 0.1) is 5.92 Å². The van der Waals surface area contributed by atoms with E-state index >= 15 is 0 Å². The van der Waals surface area contributed by atoms with Crippen LogP contribution in [0.4, 0.5) is 0 Å². The predicted octanol–water partition coefficient (Wildman–Crippen LogP) is 2.42. The first-order valence-electron chi connectivity index (χ1n) is 12.0. The number of primary amides is 1. The molecule has 2 aliphatic heterocycles. The van der Waals surface area contributed by atoms with Gasteiger partial charge in [-0.3, -0.25) is 14.7 Å². The first kappa shape index (κ1) is 24.0. The van der Waals surface area contributed by atoms with E-state index in [4.69, 9.17) is 10.7 Å². The molecule has 4 N–H and O–H groups in total. The second kappa shape index (κ2) is 13.0. The molecule has 0 saturated carbocycles. The van der Waals surface area contributed by atoms with Crippen molar-refractivity contribution >= 4 is 23.2 Å². The first-order chi connectivity index (χ1) is 15.2. The van der Waals surface area contributed by atoms with Crippen molar-refractivity contribution in [3.63, 3.8) is 0 Å². The van der Waals surface area contributed by atoms with E-state index in [9.17, 15) is 4.79 Å². The van der Waals surface area contributed by atoms with Gasteiger partial charge in [0.15, 0.2) is 5.96 Å². The van der Waals surface area contributed by atoms with Crippen LogP contribution in [-0.2, 0) is 4.79 Å². The molecule has 2 fully saturated rings. The molecule has 1 aromatic heterocycles. The van der Waals surface area contributed by atoms with Crippen LogP contribution in [-0.4, -0.2) is 74.0 Å². The summed E-state index contributed by atoms with van der Waals surface area (Å²) in [6, 6.07) is 4.78. The number of hydrogen-bond acceptors (Lipinski definition) is 5. The van der Waals surface area contributed by atoms with Gasteiger partial charge in [-0.1, -0.05) is 6.07 Å². The van der Waals surface area contributed by atoms with Crippen LogP contribution in [0.5, 0.6) is 0 Å². The first-order valence-corrected chi connectivity index (χ1v) is 12.9. The van der Waals surface area contributed by atoms with Crippen molar-refractivity contribution in [2.45, 2.75) is 51.5 Å². The second-order valence-electron chi connectivity index (χ2n) is 8.65. The largest absolute Gasteiger partial charge is 0.369 e. The van der Waals surface area contributed by atoms with Gasteiger partial charge in [0.1, 0.15) is 0 Å². The highest BCUT2D eigenvalue weighted by Gasteiger charge is 2.24. The van der Waals surface area contributed by atoms with E-state index in [2.05, 4.69) is 44.9 Å². The molecule has 1 amide bonds. The van der Waals surface area contributed by atoms with Gasteiger partial charge in [0.25, 0.3) is 0 Å². The summed E-state index contributed by atoms with van der Waals surface area (Å²) in [4.78, 5) is 22.7. The third-order valence-corrected chi connectivity index (χ3v) is 7.38. The summed E-state index contributed by atoms with van der Waals surface area (Å²) in [7, 11) is 0. The highest BCUT2D eigenvalue weighted by atomic mass is 32.1. The maximum absolute atomic E-state index is 11.3. The lowest BCUT2D eigenvalue weighted by Gasteiger charge is -2.30. The van der Waals surface area contributed by atoms with Crippen molar-refractivity contribution in [2.24, 2.45) is 16.6 Å². The van der Waals surface area contributed by atoms with Gasteiger partial charge >= 0.3 is 0 Å². The molecule has 0 aromatic carbocycles. The number of guanidine groups is 1. The SMILES string of the molecule is CCNC(=NCC(c1cccs1)N1CCCC1)NCCCCN1CCC(C(N)=O)CC1. The Balaban J connectivity index is 1.39. The van der Waals surface area contributed by atoms with Crippen LogP contribution in [0.25, 0.3) is 0 Å². The average molecular weight is 449 g/mol. The number of nitrogens with zero attached hydrogens (tertiary/aromatic N) is 3. The molecular weight excluding hydrogens is 408 g/mol. The molecule has 1 aromatic rings. The Bertz CT molecular complexity index is 666. The molecule has 3 heterocycles. The Hall–Kier alpha value is -1.64. The van der Waals surface area contributed by atoms with Crippen molar-refractivity contribution in [2.75, 3.05) is 52.4 Å². The number of likely N-dealkylation sites (tertiary alicyclic amines) is 2. The van der Waals surface area contributed by atoms with Gasteiger partial charge in [-0.25, -0.2) is 0 Å². The van der Waals surface area contributed by atoms with Gasteiger partial charge in [-0.05, 0) is 89.6 Å². The van der Waals surface area contributed by atoms with Crippen LogP contribution in [0.15, 0.2) is 22.5 Å². The molecule has 0 radical (unpaired) electrons. The number of carbonyl (C=O) groups excluding carboxylic acids is 1. The van der Waals surface area contributed by atoms with Crippen LogP contribution < -0.4 is 16.4 Å². The Labute approximate surface area is 191 Å². The minimum Gasteiger partial charge on any atom is -0.369 e. The molecule has 0 spiro atoms. The summed E-state index contributed by atoms with van der Waals surface area (Å²) in [6.45, 7) is 10.1. The summed E-state index contributed by atoms with van der Waals surface area (Å²) in [5.74, 6) is 0.867. The number of nitrogens with two attached hydrogens (primary N) is 1. The third-order valence-electron chi connectivity index (χ3n) is 6.40.